The van der Waals surface area contributed by atoms with Gasteiger partial charge in [-0.2, -0.15) is 0 Å². The Bertz CT molecular complexity index is 124. The fraction of sp³-hybridized carbons (Fsp3) is 0.923. The molecule has 3 N–H and O–H groups in total. The first-order valence-corrected chi connectivity index (χ1v) is 6.63. The van der Waals surface area contributed by atoms with Gasteiger partial charge in [-0.15, -0.1) is 0 Å². The minimum atomic E-state index is -1.33. The quantitative estimate of drug-likeness (QED) is 0.572. The van der Waals surface area contributed by atoms with Crippen LogP contribution in [0.4, 0.5) is 4.79 Å². The predicted octanol–water partition coefficient (Wildman–Crippen LogP) is 4.55. The van der Waals surface area contributed by atoms with Crippen LogP contribution in [-0.4, -0.2) is 11.2 Å². The summed E-state index contributed by atoms with van der Waals surface area (Å²) in [5.41, 5.74) is 4.03. The van der Waals surface area contributed by atoms with Crippen LogP contribution in [0.15, 0.2) is 0 Å². The summed E-state index contributed by atoms with van der Waals surface area (Å²) in [7, 11) is 0. The van der Waals surface area contributed by atoms with E-state index in [2.05, 4.69) is 19.6 Å². The Morgan fingerprint density at radius 1 is 0.812 bits per heavy atom. The normalized spacial score (nSPS) is 9.38. The molecule has 3 nitrogen and oxygen atoms in total. The maximum atomic E-state index is 8.78. The number of carbonyl (C=O) groups is 1. The van der Waals surface area contributed by atoms with E-state index in [4.69, 9.17) is 9.90 Å². The molecule has 0 saturated carbocycles. The SMILES string of the molecule is CCCCCCCCCCCC.NC(=O)O. The third-order valence-electron chi connectivity index (χ3n) is 2.46. The fourth-order valence-corrected chi connectivity index (χ4v) is 1.56. The van der Waals surface area contributed by atoms with Crippen molar-refractivity contribution in [3.8, 4) is 0 Å². The van der Waals surface area contributed by atoms with Gasteiger partial charge in [-0.05, 0) is 0 Å². The Balaban J connectivity index is 0. The van der Waals surface area contributed by atoms with Crippen molar-refractivity contribution in [3.05, 3.63) is 0 Å². The Hall–Kier alpha value is -0.730. The molecular weight excluding hydrogens is 202 g/mol. The van der Waals surface area contributed by atoms with Crippen molar-refractivity contribution in [3.63, 3.8) is 0 Å². The van der Waals surface area contributed by atoms with E-state index in [0.29, 0.717) is 0 Å². The van der Waals surface area contributed by atoms with Crippen molar-refractivity contribution in [2.75, 3.05) is 0 Å². The zero-order valence-electron chi connectivity index (χ0n) is 11.0. The van der Waals surface area contributed by atoms with Gasteiger partial charge in [0.1, 0.15) is 0 Å². The van der Waals surface area contributed by atoms with Gasteiger partial charge >= 0.3 is 6.09 Å². The van der Waals surface area contributed by atoms with Gasteiger partial charge in [0, 0.05) is 0 Å². The molecule has 3 heteroatoms. The van der Waals surface area contributed by atoms with Crippen LogP contribution < -0.4 is 5.73 Å². The van der Waals surface area contributed by atoms with E-state index in [9.17, 15) is 0 Å². The molecule has 0 atom stereocenters. The van der Waals surface area contributed by atoms with Crippen LogP contribution in [0, 0.1) is 0 Å². The molecule has 0 spiro atoms. The molecule has 1 amide bonds. The number of unbranched alkanes of at least 4 members (excludes halogenated alkanes) is 9. The summed E-state index contributed by atoms with van der Waals surface area (Å²) in [5, 5.41) is 7.19. The minimum absolute atomic E-state index is 1.33. The first-order valence-electron chi connectivity index (χ1n) is 6.63. The molecule has 0 aromatic heterocycles. The van der Waals surface area contributed by atoms with Gasteiger partial charge in [0.15, 0.2) is 0 Å². The predicted molar refractivity (Wildman–Crippen MR) is 69.7 cm³/mol. The summed E-state index contributed by atoms with van der Waals surface area (Å²) < 4.78 is 0. The molecule has 0 aromatic carbocycles. The lowest BCUT2D eigenvalue weighted by atomic mass is 10.1. The van der Waals surface area contributed by atoms with Gasteiger partial charge in [0.2, 0.25) is 0 Å². The highest BCUT2D eigenvalue weighted by Crippen LogP contribution is 2.09. The lowest BCUT2D eigenvalue weighted by Crippen LogP contribution is -2.03. The average Bonchev–Trinajstić information content (AvgIpc) is 2.21. The standard InChI is InChI=1S/C12H26.CH3NO2/c1-3-5-7-9-11-12-10-8-6-4-2;2-1(3)4/h3-12H2,1-2H3;2H2,(H,3,4). The molecule has 16 heavy (non-hydrogen) atoms. The van der Waals surface area contributed by atoms with Gasteiger partial charge in [0.05, 0.1) is 0 Å². The highest BCUT2D eigenvalue weighted by Gasteiger charge is 1.90. The van der Waals surface area contributed by atoms with E-state index in [1.165, 1.54) is 64.2 Å². The highest BCUT2D eigenvalue weighted by atomic mass is 16.4. The summed E-state index contributed by atoms with van der Waals surface area (Å²) in [4.78, 5) is 8.78. The number of nitrogens with two attached hydrogens (primary N) is 1. The second-order valence-electron chi connectivity index (χ2n) is 4.17. The Labute approximate surface area is 100 Å². The molecule has 0 aliphatic rings. The lowest BCUT2D eigenvalue weighted by molar-refractivity contribution is 0.205. The largest absolute Gasteiger partial charge is 0.465 e. The van der Waals surface area contributed by atoms with Crippen molar-refractivity contribution in [2.24, 2.45) is 5.73 Å². The van der Waals surface area contributed by atoms with Crippen molar-refractivity contribution < 1.29 is 9.90 Å². The smallest absolute Gasteiger partial charge is 0.402 e. The Kier molecular flexibility index (Phi) is 18.4. The molecule has 0 radical (unpaired) electrons. The van der Waals surface area contributed by atoms with Crippen molar-refractivity contribution in [1.29, 1.82) is 0 Å². The van der Waals surface area contributed by atoms with Crippen LogP contribution in [0.2, 0.25) is 0 Å². The molecule has 0 fully saturated rings. The topological polar surface area (TPSA) is 63.3 Å². The molecule has 0 aromatic rings. The monoisotopic (exact) mass is 231 g/mol. The average molecular weight is 231 g/mol. The van der Waals surface area contributed by atoms with Gasteiger partial charge < -0.3 is 10.8 Å². The zero-order valence-corrected chi connectivity index (χ0v) is 11.0. The Morgan fingerprint density at radius 2 is 1.00 bits per heavy atom. The maximum Gasteiger partial charge on any atom is 0.402 e. The molecular formula is C13H29NO2. The summed E-state index contributed by atoms with van der Waals surface area (Å²) in [5.74, 6) is 0. The number of hydrogen-bond donors (Lipinski definition) is 2. The third kappa shape index (κ3) is 29.2. The molecule has 98 valence electrons. The summed E-state index contributed by atoms with van der Waals surface area (Å²) in [6, 6.07) is 0. The van der Waals surface area contributed by atoms with E-state index in [1.54, 1.807) is 0 Å². The first-order chi connectivity index (χ1) is 7.65. The van der Waals surface area contributed by atoms with Crippen molar-refractivity contribution >= 4 is 6.09 Å². The van der Waals surface area contributed by atoms with Gasteiger partial charge in [0.25, 0.3) is 0 Å². The van der Waals surface area contributed by atoms with Gasteiger partial charge in [-0.1, -0.05) is 78.1 Å². The lowest BCUT2D eigenvalue weighted by Gasteiger charge is -1.99. The molecule has 0 bridgehead atoms. The second kappa shape index (κ2) is 16.7. The van der Waals surface area contributed by atoms with Crippen LogP contribution in [-0.2, 0) is 0 Å². The molecule has 0 rings (SSSR count). The van der Waals surface area contributed by atoms with Crippen LogP contribution in [0.3, 0.4) is 0 Å². The number of primary amides is 1. The van der Waals surface area contributed by atoms with Crippen LogP contribution in [0.25, 0.3) is 0 Å². The fourth-order valence-electron chi connectivity index (χ4n) is 1.56. The summed E-state index contributed by atoms with van der Waals surface area (Å²) >= 11 is 0. The highest BCUT2D eigenvalue weighted by molar-refractivity contribution is 5.61. The third-order valence-corrected chi connectivity index (χ3v) is 2.46. The molecule has 0 heterocycles. The van der Waals surface area contributed by atoms with Gasteiger partial charge in [-0.3, -0.25) is 0 Å². The van der Waals surface area contributed by atoms with E-state index in [1.807, 2.05) is 0 Å². The van der Waals surface area contributed by atoms with E-state index in [0.717, 1.165) is 0 Å². The second-order valence-corrected chi connectivity index (χ2v) is 4.17. The van der Waals surface area contributed by atoms with Crippen LogP contribution in [0.5, 0.6) is 0 Å². The molecule has 0 saturated heterocycles. The summed E-state index contributed by atoms with van der Waals surface area (Å²) in [6.45, 7) is 4.56. The minimum Gasteiger partial charge on any atom is -0.465 e. The summed E-state index contributed by atoms with van der Waals surface area (Å²) in [6.07, 6.45) is 13.1. The number of carboxylic acid groups (broad SMARTS) is 1. The van der Waals surface area contributed by atoms with Crippen LogP contribution in [0.1, 0.15) is 78.1 Å². The van der Waals surface area contributed by atoms with Crippen molar-refractivity contribution in [1.82, 2.24) is 0 Å². The van der Waals surface area contributed by atoms with E-state index in [-0.39, 0.29) is 0 Å². The van der Waals surface area contributed by atoms with Gasteiger partial charge in [-0.25, -0.2) is 4.79 Å². The van der Waals surface area contributed by atoms with E-state index < -0.39 is 6.09 Å². The van der Waals surface area contributed by atoms with Crippen molar-refractivity contribution in [2.45, 2.75) is 78.1 Å². The number of rotatable bonds is 9. The molecule has 0 aliphatic heterocycles. The number of hydrogen-bond acceptors (Lipinski definition) is 1. The van der Waals surface area contributed by atoms with E-state index >= 15 is 0 Å². The maximum absolute atomic E-state index is 8.78. The van der Waals surface area contributed by atoms with Crippen LogP contribution >= 0.6 is 0 Å². The molecule has 0 aliphatic carbocycles. The first kappa shape index (κ1) is 17.7. The molecule has 0 unspecified atom stereocenters. The zero-order chi connectivity index (χ0) is 12.6. The Morgan fingerprint density at radius 3 is 1.19 bits per heavy atom. The number of amides is 1.